The summed E-state index contributed by atoms with van der Waals surface area (Å²) in [5, 5.41) is 18.2. The number of carbonyl (C=O) groups is 1. The zero-order valence-corrected chi connectivity index (χ0v) is 25.7. The summed E-state index contributed by atoms with van der Waals surface area (Å²) in [6.45, 7) is 3.80. The fourth-order valence-electron chi connectivity index (χ4n) is 7.25. The van der Waals surface area contributed by atoms with Crippen LogP contribution in [-0.4, -0.2) is 56.4 Å². The van der Waals surface area contributed by atoms with Gasteiger partial charge in [-0.25, -0.2) is 4.98 Å². The molecule has 0 bridgehead atoms. The highest BCUT2D eigenvalue weighted by atomic mass is 35.5. The van der Waals surface area contributed by atoms with Gasteiger partial charge in [0.1, 0.15) is 24.0 Å². The van der Waals surface area contributed by atoms with Gasteiger partial charge in [0.25, 0.3) is 5.91 Å². The third-order valence-electron chi connectivity index (χ3n) is 9.73. The molecule has 2 aromatic heterocycles. The molecule has 1 saturated heterocycles. The van der Waals surface area contributed by atoms with Crippen LogP contribution >= 0.6 is 11.6 Å². The van der Waals surface area contributed by atoms with Gasteiger partial charge in [-0.1, -0.05) is 43.0 Å². The van der Waals surface area contributed by atoms with E-state index in [1.807, 2.05) is 35.3 Å². The normalized spacial score (nSPS) is 18.3. The Balaban J connectivity index is 1.14. The van der Waals surface area contributed by atoms with Crippen molar-refractivity contribution < 1.29 is 14.3 Å². The van der Waals surface area contributed by atoms with E-state index in [9.17, 15) is 14.7 Å². The number of hydrogen-bond acceptors (Lipinski definition) is 7. The average molecular weight is 618 g/mol. The van der Waals surface area contributed by atoms with Gasteiger partial charge in [-0.15, -0.1) is 0 Å². The first kappa shape index (κ1) is 30.3. The molecule has 6 rings (SSSR count). The molecule has 2 aliphatic rings. The first-order valence-electron chi connectivity index (χ1n) is 15.7. The van der Waals surface area contributed by atoms with Crippen LogP contribution in [0.4, 0.5) is 0 Å². The van der Waals surface area contributed by atoms with Crippen molar-refractivity contribution in [3.05, 3.63) is 87.8 Å². The zero-order valence-electron chi connectivity index (χ0n) is 25.0. The predicted molar refractivity (Wildman–Crippen MR) is 170 cm³/mol. The van der Waals surface area contributed by atoms with E-state index in [0.717, 1.165) is 56.9 Å². The zero-order chi connectivity index (χ0) is 30.5. The summed E-state index contributed by atoms with van der Waals surface area (Å²) < 4.78 is 7.81. The summed E-state index contributed by atoms with van der Waals surface area (Å²) in [4.78, 5) is 32.8. The number of phenols is 1. The van der Waals surface area contributed by atoms with Crippen LogP contribution in [0.15, 0.2) is 70.4 Å². The lowest BCUT2D eigenvalue weighted by atomic mass is 9.63. The van der Waals surface area contributed by atoms with Gasteiger partial charge in [-0.05, 0) is 98.8 Å². The second kappa shape index (κ2) is 13.5. The molecule has 0 spiro atoms. The lowest BCUT2D eigenvalue weighted by molar-refractivity contribution is 0.0104. The number of piperidine rings is 1. The Bertz CT molecular complexity index is 1610. The molecule has 2 aromatic carbocycles. The lowest BCUT2D eigenvalue weighted by Gasteiger charge is -2.48. The maximum absolute atomic E-state index is 13.4. The third kappa shape index (κ3) is 7.16. The number of aromatic hydroxyl groups is 1. The van der Waals surface area contributed by atoms with Gasteiger partial charge < -0.3 is 19.7 Å². The van der Waals surface area contributed by atoms with Crippen molar-refractivity contribution in [3.63, 3.8) is 0 Å². The Labute approximate surface area is 262 Å². The third-order valence-corrected chi connectivity index (χ3v) is 9.98. The maximum atomic E-state index is 13.4. The quantitative estimate of drug-likeness (QED) is 0.230. The van der Waals surface area contributed by atoms with Crippen molar-refractivity contribution in [1.29, 1.82) is 0 Å². The summed E-state index contributed by atoms with van der Waals surface area (Å²) in [6.07, 6.45) is 13.7. The Morgan fingerprint density at radius 2 is 1.86 bits per heavy atom. The summed E-state index contributed by atoms with van der Waals surface area (Å²) in [7, 11) is 0. The highest BCUT2D eigenvalue weighted by Crippen LogP contribution is 2.47. The molecule has 1 aliphatic heterocycles. The molecule has 10 heteroatoms. The molecule has 0 unspecified atom stereocenters. The van der Waals surface area contributed by atoms with Gasteiger partial charge in [-0.3, -0.25) is 14.3 Å². The number of rotatable bonds is 10. The van der Waals surface area contributed by atoms with E-state index in [2.05, 4.69) is 20.3 Å². The predicted octanol–water partition coefficient (Wildman–Crippen LogP) is 5.84. The molecule has 1 amide bonds. The van der Waals surface area contributed by atoms with Crippen molar-refractivity contribution in [2.75, 3.05) is 19.6 Å². The highest BCUT2D eigenvalue weighted by molar-refractivity contribution is 6.30. The fraction of sp³-hybridized carbons (Fsp3) is 0.471. The molecule has 4 aromatic rings. The second-order valence-electron chi connectivity index (χ2n) is 12.6. The molecular formula is C34H40ClN5O4. The van der Waals surface area contributed by atoms with Crippen LogP contribution in [0.25, 0.3) is 11.0 Å². The smallest absolute Gasteiger partial charge is 0.287 e. The van der Waals surface area contributed by atoms with Crippen LogP contribution in [0.2, 0.25) is 5.02 Å². The summed E-state index contributed by atoms with van der Waals surface area (Å²) in [5.74, 6) is 0.216. The number of aromatic nitrogens is 3. The Kier molecular flexibility index (Phi) is 9.33. The number of hydrogen-bond donors (Lipinski definition) is 2. The van der Waals surface area contributed by atoms with Crippen molar-refractivity contribution in [2.45, 2.75) is 70.4 Å². The molecule has 3 heterocycles. The lowest BCUT2D eigenvalue weighted by Crippen LogP contribution is -2.48. The Hall–Kier alpha value is -3.69. The number of fused-ring (bicyclic) bond motifs is 1. The molecule has 2 N–H and O–H groups in total. The minimum atomic E-state index is -0.432. The van der Waals surface area contributed by atoms with Gasteiger partial charge in [0.05, 0.1) is 5.39 Å². The molecule has 1 atom stereocenters. The summed E-state index contributed by atoms with van der Waals surface area (Å²) in [5.41, 5.74) is 1.20. The van der Waals surface area contributed by atoms with E-state index in [1.165, 1.54) is 56.4 Å². The topological polar surface area (TPSA) is 113 Å². The van der Waals surface area contributed by atoms with Gasteiger partial charge in [-0.2, -0.15) is 5.10 Å². The number of halogens is 1. The number of nitrogens with one attached hydrogen (secondary N) is 1. The number of carbonyl (C=O) groups excluding carboxylic acids is 1. The SMILES string of the molecule is O=C(N[C@H](CCN1CCC(Cn2cncn2)(C2CCCCC2)CC1)Cc1ccc(Cl)cc1)c1cc(=O)c2cc(O)ccc2o1. The van der Waals surface area contributed by atoms with Crippen molar-refractivity contribution in [3.8, 4) is 5.75 Å². The molecule has 1 aliphatic carbocycles. The number of nitrogens with zero attached hydrogens (tertiary/aromatic N) is 4. The van der Waals surface area contributed by atoms with Crippen LogP contribution in [0.3, 0.4) is 0 Å². The number of amides is 1. The largest absolute Gasteiger partial charge is 0.508 e. The number of phenolic OH excluding ortho intramolecular Hbond substituents is 1. The molecule has 1 saturated carbocycles. The summed E-state index contributed by atoms with van der Waals surface area (Å²) in [6, 6.07) is 13.0. The van der Waals surface area contributed by atoms with Gasteiger partial charge in [0.15, 0.2) is 11.2 Å². The monoisotopic (exact) mass is 617 g/mol. The van der Waals surface area contributed by atoms with Crippen LogP contribution in [0.1, 0.15) is 67.5 Å². The minimum Gasteiger partial charge on any atom is -0.508 e. The van der Waals surface area contributed by atoms with Gasteiger partial charge in [0.2, 0.25) is 0 Å². The van der Waals surface area contributed by atoms with E-state index >= 15 is 0 Å². The first-order valence-corrected chi connectivity index (χ1v) is 16.1. The molecule has 2 fully saturated rings. The van der Waals surface area contributed by atoms with E-state index in [1.54, 1.807) is 6.33 Å². The van der Waals surface area contributed by atoms with Crippen LogP contribution in [-0.2, 0) is 13.0 Å². The van der Waals surface area contributed by atoms with Crippen molar-refractivity contribution in [1.82, 2.24) is 25.0 Å². The van der Waals surface area contributed by atoms with Gasteiger partial charge in [0, 0.05) is 30.2 Å². The fourth-order valence-corrected chi connectivity index (χ4v) is 7.38. The highest BCUT2D eigenvalue weighted by Gasteiger charge is 2.42. The summed E-state index contributed by atoms with van der Waals surface area (Å²) >= 11 is 6.13. The van der Waals surface area contributed by atoms with E-state index in [0.29, 0.717) is 11.4 Å². The minimum absolute atomic E-state index is 0.0304. The molecule has 232 valence electrons. The van der Waals surface area contributed by atoms with Crippen LogP contribution < -0.4 is 10.7 Å². The van der Waals surface area contributed by atoms with E-state index in [-0.39, 0.29) is 39.4 Å². The van der Waals surface area contributed by atoms with Crippen LogP contribution in [0.5, 0.6) is 5.75 Å². The molecule has 44 heavy (non-hydrogen) atoms. The van der Waals surface area contributed by atoms with Crippen molar-refractivity contribution in [2.24, 2.45) is 11.3 Å². The number of benzene rings is 2. The van der Waals surface area contributed by atoms with E-state index in [4.69, 9.17) is 16.0 Å². The Morgan fingerprint density at radius 1 is 1.09 bits per heavy atom. The average Bonchev–Trinajstić information content (AvgIpc) is 3.55. The number of likely N-dealkylation sites (tertiary alicyclic amines) is 1. The Morgan fingerprint density at radius 3 is 2.59 bits per heavy atom. The molecule has 9 nitrogen and oxygen atoms in total. The maximum Gasteiger partial charge on any atom is 0.287 e. The molecular weight excluding hydrogens is 578 g/mol. The second-order valence-corrected chi connectivity index (χ2v) is 13.0. The van der Waals surface area contributed by atoms with Crippen LogP contribution in [0, 0.1) is 11.3 Å². The van der Waals surface area contributed by atoms with E-state index < -0.39 is 5.91 Å². The van der Waals surface area contributed by atoms with Crippen molar-refractivity contribution >= 4 is 28.5 Å². The standard InChI is InChI=1S/C34H40ClN5O4/c35-26-8-6-24(7-9-26)18-27(38-33(43)32-20-30(42)29-19-28(41)10-11-31(29)44-32)12-15-39-16-13-34(14-17-39,21-40-23-36-22-37-40)25-4-2-1-3-5-25/h6-11,19-20,22-23,25,27,41H,1-5,12-18,21H2,(H,38,43)/t27-/m1/s1. The molecule has 0 radical (unpaired) electrons. The van der Waals surface area contributed by atoms with Gasteiger partial charge >= 0.3 is 0 Å². The first-order chi connectivity index (χ1) is 21.4.